The average molecular weight is 323 g/mol. The van der Waals surface area contributed by atoms with Gasteiger partial charge in [0.1, 0.15) is 5.60 Å². The van der Waals surface area contributed by atoms with Crippen LogP contribution < -0.4 is 5.32 Å². The molecule has 1 saturated heterocycles. The highest BCUT2D eigenvalue weighted by Crippen LogP contribution is 2.47. The first-order valence-corrected chi connectivity index (χ1v) is 7.69. The van der Waals surface area contributed by atoms with E-state index in [9.17, 15) is 9.59 Å². The zero-order chi connectivity index (χ0) is 16.1. The third-order valence-corrected chi connectivity index (χ3v) is 4.41. The van der Waals surface area contributed by atoms with E-state index in [1.165, 1.54) is 0 Å². The summed E-state index contributed by atoms with van der Waals surface area (Å²) in [6, 6.07) is 5.42. The van der Waals surface area contributed by atoms with E-state index in [1.54, 1.807) is 17.0 Å². The largest absolute Gasteiger partial charge is 0.444 e. The van der Waals surface area contributed by atoms with Crippen molar-refractivity contribution in [2.45, 2.75) is 38.2 Å². The molecule has 2 amide bonds. The second-order valence-corrected chi connectivity index (χ2v) is 7.26. The molecule has 1 fully saturated rings. The first-order chi connectivity index (χ1) is 10.2. The number of nitrogens with zero attached hydrogens (tertiary/aromatic N) is 1. The minimum atomic E-state index is -0.759. The van der Waals surface area contributed by atoms with Crippen molar-refractivity contribution in [2.75, 3.05) is 18.4 Å². The molecule has 0 unspecified atom stereocenters. The van der Waals surface area contributed by atoms with Crippen molar-refractivity contribution >= 4 is 29.3 Å². The highest BCUT2D eigenvalue weighted by molar-refractivity contribution is 6.33. The Morgan fingerprint density at radius 2 is 2.14 bits per heavy atom. The molecule has 1 N–H and O–H groups in total. The van der Waals surface area contributed by atoms with Gasteiger partial charge in [0.2, 0.25) is 5.91 Å². The lowest BCUT2D eigenvalue weighted by Crippen LogP contribution is -2.41. The summed E-state index contributed by atoms with van der Waals surface area (Å²) in [5.41, 5.74) is 0.224. The number of fused-ring (bicyclic) bond motifs is 2. The molecular formula is C16H19ClN2O3. The van der Waals surface area contributed by atoms with E-state index < -0.39 is 17.1 Å². The van der Waals surface area contributed by atoms with Crippen LogP contribution in [-0.4, -0.2) is 35.6 Å². The Morgan fingerprint density at radius 1 is 1.41 bits per heavy atom. The summed E-state index contributed by atoms with van der Waals surface area (Å²) in [4.78, 5) is 26.3. The zero-order valence-electron chi connectivity index (χ0n) is 12.9. The number of hydrogen-bond donors (Lipinski definition) is 1. The number of nitrogens with one attached hydrogen (secondary N) is 1. The van der Waals surface area contributed by atoms with Crippen LogP contribution in [0.3, 0.4) is 0 Å². The number of rotatable bonds is 0. The van der Waals surface area contributed by atoms with Gasteiger partial charge in [-0.1, -0.05) is 17.7 Å². The summed E-state index contributed by atoms with van der Waals surface area (Å²) in [6.45, 7) is 6.25. The number of likely N-dealkylation sites (tertiary alicyclic amines) is 1. The number of hydrogen-bond acceptors (Lipinski definition) is 3. The highest BCUT2D eigenvalue weighted by Gasteiger charge is 2.53. The minimum absolute atomic E-state index is 0.0957. The molecule has 1 spiro atoms. The molecule has 2 aliphatic heterocycles. The zero-order valence-corrected chi connectivity index (χ0v) is 13.7. The van der Waals surface area contributed by atoms with Crippen molar-refractivity contribution in [1.82, 2.24) is 4.90 Å². The van der Waals surface area contributed by atoms with E-state index in [1.807, 2.05) is 26.8 Å². The van der Waals surface area contributed by atoms with Crippen molar-refractivity contribution in [3.05, 3.63) is 28.8 Å². The molecule has 3 rings (SSSR count). The molecule has 2 aliphatic rings. The number of anilines is 1. The Bertz CT molecular complexity index is 653. The fraction of sp³-hybridized carbons (Fsp3) is 0.500. The van der Waals surface area contributed by atoms with Crippen LogP contribution in [0.2, 0.25) is 5.02 Å². The normalized spacial score (nSPS) is 23.6. The maximum absolute atomic E-state index is 12.5. The Kier molecular flexibility index (Phi) is 3.36. The molecule has 6 heteroatoms. The van der Waals surface area contributed by atoms with E-state index >= 15 is 0 Å². The number of carbonyl (C=O) groups excluding carboxylic acids is 2. The van der Waals surface area contributed by atoms with Crippen molar-refractivity contribution in [2.24, 2.45) is 0 Å². The first-order valence-electron chi connectivity index (χ1n) is 7.31. The fourth-order valence-electron chi connectivity index (χ4n) is 3.15. The third kappa shape index (κ3) is 2.33. The Hall–Kier alpha value is -1.75. The molecule has 5 nitrogen and oxygen atoms in total. The van der Waals surface area contributed by atoms with Gasteiger partial charge in [0.05, 0.1) is 5.41 Å². The molecule has 0 aliphatic carbocycles. The summed E-state index contributed by atoms with van der Waals surface area (Å²) in [6.07, 6.45) is 0.159. The highest BCUT2D eigenvalue weighted by atomic mass is 35.5. The van der Waals surface area contributed by atoms with Crippen molar-refractivity contribution < 1.29 is 14.3 Å². The summed E-state index contributed by atoms with van der Waals surface area (Å²) in [5, 5.41) is 3.43. The number of benzene rings is 1. The van der Waals surface area contributed by atoms with Crippen LogP contribution in [0.15, 0.2) is 18.2 Å². The van der Waals surface area contributed by atoms with Gasteiger partial charge in [-0.3, -0.25) is 4.79 Å². The lowest BCUT2D eigenvalue weighted by molar-refractivity contribution is -0.120. The monoisotopic (exact) mass is 322 g/mol. The molecule has 1 aromatic carbocycles. The molecule has 0 aromatic heterocycles. The van der Waals surface area contributed by atoms with Crippen molar-refractivity contribution in [1.29, 1.82) is 0 Å². The van der Waals surface area contributed by atoms with Crippen LogP contribution >= 0.6 is 11.6 Å². The maximum atomic E-state index is 12.5. The van der Waals surface area contributed by atoms with Gasteiger partial charge in [-0.2, -0.15) is 0 Å². The molecule has 1 aromatic rings. The van der Waals surface area contributed by atoms with Gasteiger partial charge in [0.15, 0.2) is 0 Å². The summed E-state index contributed by atoms with van der Waals surface area (Å²) >= 11 is 6.31. The minimum Gasteiger partial charge on any atom is -0.444 e. The van der Waals surface area contributed by atoms with Gasteiger partial charge >= 0.3 is 6.09 Å². The van der Waals surface area contributed by atoms with E-state index in [2.05, 4.69) is 5.32 Å². The Labute approximate surface area is 134 Å². The van der Waals surface area contributed by atoms with E-state index in [-0.39, 0.29) is 5.91 Å². The summed E-state index contributed by atoms with van der Waals surface area (Å²) in [7, 11) is 0. The van der Waals surface area contributed by atoms with Crippen LogP contribution in [0.5, 0.6) is 0 Å². The van der Waals surface area contributed by atoms with Crippen LogP contribution in [-0.2, 0) is 14.9 Å². The second kappa shape index (κ2) is 4.88. The van der Waals surface area contributed by atoms with Crippen LogP contribution in [0.1, 0.15) is 32.8 Å². The molecule has 118 valence electrons. The maximum Gasteiger partial charge on any atom is 0.410 e. The van der Waals surface area contributed by atoms with Crippen molar-refractivity contribution in [3.8, 4) is 0 Å². The van der Waals surface area contributed by atoms with Gasteiger partial charge in [-0.25, -0.2) is 4.79 Å². The smallest absolute Gasteiger partial charge is 0.410 e. The van der Waals surface area contributed by atoms with Crippen LogP contribution in [0.25, 0.3) is 0 Å². The molecule has 0 radical (unpaired) electrons. The Balaban J connectivity index is 1.89. The van der Waals surface area contributed by atoms with Crippen LogP contribution in [0, 0.1) is 0 Å². The van der Waals surface area contributed by atoms with E-state index in [0.717, 1.165) is 11.3 Å². The second-order valence-electron chi connectivity index (χ2n) is 6.85. The van der Waals surface area contributed by atoms with Crippen molar-refractivity contribution in [3.63, 3.8) is 0 Å². The molecular weight excluding hydrogens is 304 g/mol. The molecule has 1 atom stereocenters. The summed E-state index contributed by atoms with van der Waals surface area (Å²) in [5.74, 6) is -0.0957. The van der Waals surface area contributed by atoms with Gasteiger partial charge in [-0.15, -0.1) is 0 Å². The molecule has 0 bridgehead atoms. The Morgan fingerprint density at radius 3 is 2.82 bits per heavy atom. The van der Waals surface area contributed by atoms with Gasteiger partial charge < -0.3 is 15.0 Å². The van der Waals surface area contributed by atoms with E-state index in [4.69, 9.17) is 16.3 Å². The quantitative estimate of drug-likeness (QED) is 0.798. The van der Waals surface area contributed by atoms with Gasteiger partial charge in [-0.05, 0) is 39.3 Å². The molecule has 22 heavy (non-hydrogen) atoms. The number of ether oxygens (including phenoxy) is 1. The SMILES string of the molecule is CC(C)(C)OC(=O)N1CC[C@]2(C1)C(=O)Nc1cccc(Cl)c12. The molecule has 0 saturated carbocycles. The lowest BCUT2D eigenvalue weighted by atomic mass is 9.81. The third-order valence-electron chi connectivity index (χ3n) is 4.10. The number of halogens is 1. The number of amides is 2. The average Bonchev–Trinajstić information content (AvgIpc) is 2.93. The number of carbonyl (C=O) groups is 2. The predicted octanol–water partition coefficient (Wildman–Crippen LogP) is 3.17. The lowest BCUT2D eigenvalue weighted by Gasteiger charge is -2.26. The van der Waals surface area contributed by atoms with Gasteiger partial charge in [0.25, 0.3) is 0 Å². The summed E-state index contributed by atoms with van der Waals surface area (Å²) < 4.78 is 5.40. The standard InChI is InChI=1S/C16H19ClN2O3/c1-15(2,3)22-14(21)19-8-7-16(9-19)12-10(17)5-4-6-11(12)18-13(16)20/h4-6H,7-9H2,1-3H3,(H,18,20)/t16-/m1/s1. The van der Waals surface area contributed by atoms with E-state index in [0.29, 0.717) is 24.5 Å². The topological polar surface area (TPSA) is 58.6 Å². The van der Waals surface area contributed by atoms with Gasteiger partial charge in [0, 0.05) is 29.4 Å². The molecule has 2 heterocycles. The first kappa shape index (κ1) is 15.2. The fourth-order valence-corrected chi connectivity index (χ4v) is 3.51. The van der Waals surface area contributed by atoms with Crippen LogP contribution in [0.4, 0.5) is 10.5 Å². The predicted molar refractivity (Wildman–Crippen MR) is 84.2 cm³/mol.